The van der Waals surface area contributed by atoms with Gasteiger partial charge in [-0.15, -0.1) is 0 Å². The molecule has 0 aromatic heterocycles. The van der Waals surface area contributed by atoms with Gasteiger partial charge in [-0.2, -0.15) is 0 Å². The SMILES string of the molecule is C=CC(=C)c1cc(C)ccc1/C(C)=C/C.CC. The summed E-state index contributed by atoms with van der Waals surface area (Å²) in [4.78, 5) is 0. The fourth-order valence-corrected chi connectivity index (χ4v) is 1.53. The Morgan fingerprint density at radius 2 is 1.76 bits per heavy atom. The number of hydrogen-bond acceptors (Lipinski definition) is 0. The third-order valence-electron chi connectivity index (χ3n) is 2.63. The van der Waals surface area contributed by atoms with Crippen LogP contribution in [0.2, 0.25) is 0 Å². The zero-order valence-corrected chi connectivity index (χ0v) is 11.8. The summed E-state index contributed by atoms with van der Waals surface area (Å²) >= 11 is 0. The molecule has 0 spiro atoms. The molecule has 1 rings (SSSR count). The summed E-state index contributed by atoms with van der Waals surface area (Å²) in [5.41, 5.74) is 5.93. The van der Waals surface area contributed by atoms with Crippen LogP contribution in [-0.4, -0.2) is 0 Å². The Balaban J connectivity index is 0.00000121. The van der Waals surface area contributed by atoms with Gasteiger partial charge >= 0.3 is 0 Å². The van der Waals surface area contributed by atoms with E-state index in [0.29, 0.717) is 0 Å². The molecule has 0 nitrogen and oxygen atoms in total. The number of allylic oxidation sites excluding steroid dienone is 4. The van der Waals surface area contributed by atoms with Crippen LogP contribution in [0.5, 0.6) is 0 Å². The second-order valence-electron chi connectivity index (χ2n) is 3.75. The first-order chi connectivity index (χ1) is 8.10. The molecule has 0 aliphatic carbocycles. The Bertz CT molecular complexity index is 420. The van der Waals surface area contributed by atoms with Gasteiger partial charge in [0.25, 0.3) is 0 Å². The van der Waals surface area contributed by atoms with Gasteiger partial charge < -0.3 is 0 Å². The van der Waals surface area contributed by atoms with E-state index in [4.69, 9.17) is 0 Å². The van der Waals surface area contributed by atoms with Crippen LogP contribution in [0.1, 0.15) is 44.4 Å². The van der Waals surface area contributed by atoms with E-state index in [9.17, 15) is 0 Å². The molecule has 0 saturated carbocycles. The van der Waals surface area contributed by atoms with Crippen molar-refractivity contribution >= 4 is 11.1 Å². The van der Waals surface area contributed by atoms with Crippen molar-refractivity contribution in [1.82, 2.24) is 0 Å². The summed E-state index contributed by atoms with van der Waals surface area (Å²) in [6, 6.07) is 6.43. The van der Waals surface area contributed by atoms with Gasteiger partial charge in [0.1, 0.15) is 0 Å². The average Bonchev–Trinajstić information content (AvgIpc) is 2.39. The second-order valence-corrected chi connectivity index (χ2v) is 3.75. The van der Waals surface area contributed by atoms with Gasteiger partial charge in [-0.3, -0.25) is 0 Å². The number of rotatable bonds is 3. The van der Waals surface area contributed by atoms with Gasteiger partial charge in [0.15, 0.2) is 0 Å². The number of aryl methyl sites for hydroxylation is 1. The molecule has 0 atom stereocenters. The minimum atomic E-state index is 0.981. The van der Waals surface area contributed by atoms with Gasteiger partial charge in [-0.05, 0) is 43.0 Å². The smallest absolute Gasteiger partial charge is 0.0112 e. The Kier molecular flexibility index (Phi) is 6.97. The number of benzene rings is 1. The van der Waals surface area contributed by atoms with Crippen LogP contribution in [0.4, 0.5) is 0 Å². The van der Waals surface area contributed by atoms with Gasteiger partial charge in [0.2, 0.25) is 0 Å². The van der Waals surface area contributed by atoms with Gasteiger partial charge in [-0.25, -0.2) is 0 Å². The van der Waals surface area contributed by atoms with E-state index in [2.05, 4.69) is 58.2 Å². The lowest BCUT2D eigenvalue weighted by atomic mass is 9.94. The van der Waals surface area contributed by atoms with Gasteiger partial charge in [-0.1, -0.05) is 62.9 Å². The lowest BCUT2D eigenvalue weighted by Crippen LogP contribution is -1.90. The summed E-state index contributed by atoms with van der Waals surface area (Å²) in [5, 5.41) is 0. The van der Waals surface area contributed by atoms with E-state index in [1.165, 1.54) is 22.3 Å². The molecule has 17 heavy (non-hydrogen) atoms. The summed E-state index contributed by atoms with van der Waals surface area (Å²) in [5.74, 6) is 0. The molecule has 0 bridgehead atoms. The fraction of sp³-hybridized carbons (Fsp3) is 0.294. The molecule has 0 unspecified atom stereocenters. The van der Waals surface area contributed by atoms with E-state index in [1.807, 2.05) is 13.8 Å². The maximum Gasteiger partial charge on any atom is -0.0112 e. The summed E-state index contributed by atoms with van der Waals surface area (Å²) < 4.78 is 0. The molecule has 0 saturated heterocycles. The van der Waals surface area contributed by atoms with Crippen LogP contribution in [0.3, 0.4) is 0 Å². The summed E-state index contributed by atoms with van der Waals surface area (Å²) in [6.45, 7) is 18.0. The average molecular weight is 228 g/mol. The molecule has 0 amide bonds. The normalized spacial score (nSPS) is 10.3. The van der Waals surface area contributed by atoms with Crippen molar-refractivity contribution < 1.29 is 0 Å². The first-order valence-electron chi connectivity index (χ1n) is 6.15. The molecule has 1 aromatic rings. The highest BCUT2D eigenvalue weighted by Gasteiger charge is 2.05. The predicted octanol–water partition coefficient (Wildman–Crippen LogP) is 5.64. The highest BCUT2D eigenvalue weighted by Crippen LogP contribution is 2.26. The Labute approximate surface area is 106 Å². The number of hydrogen-bond donors (Lipinski definition) is 0. The van der Waals surface area contributed by atoms with Crippen molar-refractivity contribution in [2.75, 3.05) is 0 Å². The van der Waals surface area contributed by atoms with Crippen molar-refractivity contribution in [2.24, 2.45) is 0 Å². The van der Waals surface area contributed by atoms with E-state index < -0.39 is 0 Å². The van der Waals surface area contributed by atoms with E-state index in [0.717, 1.165) is 5.57 Å². The van der Waals surface area contributed by atoms with Crippen molar-refractivity contribution in [3.63, 3.8) is 0 Å². The van der Waals surface area contributed by atoms with Crippen LogP contribution >= 0.6 is 0 Å². The molecule has 0 heteroatoms. The third kappa shape index (κ3) is 4.07. The maximum absolute atomic E-state index is 4.02. The van der Waals surface area contributed by atoms with Crippen molar-refractivity contribution in [1.29, 1.82) is 0 Å². The zero-order valence-electron chi connectivity index (χ0n) is 11.8. The van der Waals surface area contributed by atoms with Crippen molar-refractivity contribution in [3.8, 4) is 0 Å². The van der Waals surface area contributed by atoms with Crippen LogP contribution in [0.15, 0.2) is 43.5 Å². The third-order valence-corrected chi connectivity index (χ3v) is 2.63. The largest absolute Gasteiger partial charge is 0.0985 e. The first-order valence-corrected chi connectivity index (χ1v) is 6.15. The topological polar surface area (TPSA) is 0 Å². The zero-order chi connectivity index (χ0) is 13.4. The molecular formula is C17H24. The Morgan fingerprint density at radius 1 is 1.18 bits per heavy atom. The molecule has 92 valence electrons. The van der Waals surface area contributed by atoms with Gasteiger partial charge in [0.05, 0.1) is 0 Å². The Morgan fingerprint density at radius 3 is 2.24 bits per heavy atom. The molecule has 0 aliphatic heterocycles. The molecular weight excluding hydrogens is 204 g/mol. The monoisotopic (exact) mass is 228 g/mol. The summed E-state index contributed by atoms with van der Waals surface area (Å²) in [6.07, 6.45) is 3.92. The van der Waals surface area contributed by atoms with E-state index >= 15 is 0 Å². The maximum atomic E-state index is 4.02. The molecule has 0 fully saturated rings. The van der Waals surface area contributed by atoms with E-state index in [-0.39, 0.29) is 0 Å². The molecule has 1 aromatic carbocycles. The van der Waals surface area contributed by atoms with Crippen LogP contribution < -0.4 is 0 Å². The quantitative estimate of drug-likeness (QED) is 0.587. The lowest BCUT2D eigenvalue weighted by molar-refractivity contribution is 1.41. The second kappa shape index (κ2) is 7.67. The van der Waals surface area contributed by atoms with Gasteiger partial charge in [0, 0.05) is 0 Å². The van der Waals surface area contributed by atoms with Crippen molar-refractivity contribution in [3.05, 3.63) is 60.2 Å². The molecule has 0 radical (unpaired) electrons. The highest BCUT2D eigenvalue weighted by molar-refractivity contribution is 5.82. The Hall–Kier alpha value is -1.56. The first kappa shape index (κ1) is 15.4. The minimum Gasteiger partial charge on any atom is -0.0985 e. The highest BCUT2D eigenvalue weighted by atomic mass is 14.1. The lowest BCUT2D eigenvalue weighted by Gasteiger charge is -2.11. The standard InChI is InChI=1S/C15H18.C2H6/c1-6-12(4)14-9-8-11(3)10-15(14)13(5)7-2;1-2/h6-10H,2,5H2,1,3-4H3;1-2H3/b12-6+;. The summed E-state index contributed by atoms with van der Waals surface area (Å²) in [7, 11) is 0. The molecule has 0 N–H and O–H groups in total. The molecule has 0 aliphatic rings. The van der Waals surface area contributed by atoms with E-state index in [1.54, 1.807) is 6.08 Å². The van der Waals surface area contributed by atoms with Crippen LogP contribution in [-0.2, 0) is 0 Å². The minimum absolute atomic E-state index is 0.981. The molecule has 0 heterocycles. The fourth-order valence-electron chi connectivity index (χ4n) is 1.53. The van der Waals surface area contributed by atoms with Crippen molar-refractivity contribution in [2.45, 2.75) is 34.6 Å². The predicted molar refractivity (Wildman–Crippen MR) is 81.1 cm³/mol. The van der Waals surface area contributed by atoms with Crippen LogP contribution in [0, 0.1) is 6.92 Å². The van der Waals surface area contributed by atoms with Crippen LogP contribution in [0.25, 0.3) is 11.1 Å².